The molecule has 2 unspecified atom stereocenters. The molecule has 2 fully saturated rings. The minimum atomic E-state index is -6.39. The first-order chi connectivity index (χ1) is 20.4. The Bertz CT molecular complexity index is 1550. The van der Waals surface area contributed by atoms with Gasteiger partial charge in [0.2, 0.25) is 5.91 Å². The molecule has 2 heterocycles. The summed E-state index contributed by atoms with van der Waals surface area (Å²) in [4.78, 5) is 26.2. The molecule has 0 bridgehead atoms. The van der Waals surface area contributed by atoms with Gasteiger partial charge in [-0.25, -0.2) is 12.8 Å². The van der Waals surface area contributed by atoms with Crippen molar-refractivity contribution in [2.45, 2.75) is 72.7 Å². The number of likely N-dealkylation sites (tertiary alicyclic amines) is 1. The lowest BCUT2D eigenvalue weighted by atomic mass is 9.81. The molecule has 1 saturated carbocycles. The Labute approximate surface area is 247 Å². The fourth-order valence-electron chi connectivity index (χ4n) is 6.73. The van der Waals surface area contributed by atoms with Gasteiger partial charge in [-0.3, -0.25) is 9.59 Å². The van der Waals surface area contributed by atoms with Crippen LogP contribution in [0.15, 0.2) is 47.4 Å². The average Bonchev–Trinajstić information content (AvgIpc) is 3.37. The summed E-state index contributed by atoms with van der Waals surface area (Å²) in [5, 5.41) is 9.30. The number of hydrogen-bond donors (Lipinski definition) is 1. The number of nitrogens with zero attached hydrogens (tertiary/aromatic N) is 1. The largest absolute Gasteiger partial charge is 0.491 e. The Kier molecular flexibility index (Phi) is 7.74. The lowest BCUT2D eigenvalue weighted by molar-refractivity contribution is -0.348. The highest BCUT2D eigenvalue weighted by Gasteiger charge is 2.74. The lowest BCUT2D eigenvalue weighted by Crippen LogP contribution is -2.56. The molecular formula is C29H28F7NO6S. The molecule has 5 rings (SSSR count). The molecule has 0 radical (unpaired) electrons. The van der Waals surface area contributed by atoms with Crippen molar-refractivity contribution in [2.24, 2.45) is 11.8 Å². The zero-order valence-corrected chi connectivity index (χ0v) is 24.0. The number of rotatable bonds is 5. The van der Waals surface area contributed by atoms with Crippen LogP contribution in [0.25, 0.3) is 0 Å². The number of halogens is 7. The molecule has 2 aromatic rings. The highest BCUT2D eigenvalue weighted by Crippen LogP contribution is 2.57. The van der Waals surface area contributed by atoms with E-state index in [9.17, 15) is 53.8 Å². The van der Waals surface area contributed by atoms with Gasteiger partial charge in [0.15, 0.2) is 9.84 Å². The van der Waals surface area contributed by atoms with Crippen LogP contribution in [0.3, 0.4) is 0 Å². The second-order valence-corrected chi connectivity index (χ2v) is 13.8. The number of carboxylic acids is 1. The molecule has 15 heteroatoms. The van der Waals surface area contributed by atoms with Gasteiger partial charge in [0.05, 0.1) is 16.9 Å². The highest BCUT2D eigenvalue weighted by molar-refractivity contribution is 7.92. The number of benzene rings is 2. The van der Waals surface area contributed by atoms with E-state index in [0.717, 1.165) is 0 Å². The van der Waals surface area contributed by atoms with Gasteiger partial charge in [0.1, 0.15) is 17.1 Å². The molecule has 2 aromatic carbocycles. The van der Waals surface area contributed by atoms with Gasteiger partial charge in [-0.2, -0.15) is 26.3 Å². The van der Waals surface area contributed by atoms with Crippen LogP contribution in [-0.2, 0) is 29.8 Å². The van der Waals surface area contributed by atoms with Gasteiger partial charge in [0, 0.05) is 23.6 Å². The summed E-state index contributed by atoms with van der Waals surface area (Å²) < 4.78 is 128. The van der Waals surface area contributed by atoms with Crippen molar-refractivity contribution < 1.29 is 58.6 Å². The Hall–Kier alpha value is -3.36. The summed E-state index contributed by atoms with van der Waals surface area (Å²) >= 11 is 0. The number of fused-ring (bicyclic) bond motifs is 3. The molecule has 2 atom stereocenters. The fourth-order valence-corrected chi connectivity index (χ4v) is 9.02. The number of aliphatic carboxylic acids is 1. The minimum Gasteiger partial charge on any atom is -0.491 e. The molecule has 7 nitrogen and oxygen atoms in total. The second kappa shape index (κ2) is 10.6. The average molecular weight is 652 g/mol. The van der Waals surface area contributed by atoms with Crippen molar-refractivity contribution in [1.29, 1.82) is 0 Å². The number of carbonyl (C=O) groups is 2. The third-order valence-electron chi connectivity index (χ3n) is 9.17. The monoisotopic (exact) mass is 651 g/mol. The number of hydrogen-bond acceptors (Lipinski definition) is 5. The molecule has 240 valence electrons. The first-order valence-corrected chi connectivity index (χ1v) is 15.3. The zero-order chi connectivity index (χ0) is 32.5. The zero-order valence-electron chi connectivity index (χ0n) is 23.2. The molecule has 44 heavy (non-hydrogen) atoms. The van der Waals surface area contributed by atoms with Crippen LogP contribution in [-0.4, -0.2) is 61.8 Å². The van der Waals surface area contributed by atoms with Crippen molar-refractivity contribution in [1.82, 2.24) is 4.90 Å². The summed E-state index contributed by atoms with van der Waals surface area (Å²) in [5.41, 5.74) is -7.15. The first kappa shape index (κ1) is 32.0. The third-order valence-corrected chi connectivity index (χ3v) is 11.7. The maximum atomic E-state index is 14.9. The topological polar surface area (TPSA) is 101 Å². The van der Waals surface area contributed by atoms with Crippen molar-refractivity contribution in [3.05, 3.63) is 59.2 Å². The van der Waals surface area contributed by atoms with Crippen LogP contribution in [0.1, 0.15) is 48.8 Å². The molecule has 0 aromatic heterocycles. The normalized spacial score (nSPS) is 26.0. The van der Waals surface area contributed by atoms with Crippen molar-refractivity contribution >= 4 is 21.7 Å². The second-order valence-electron chi connectivity index (χ2n) is 11.6. The summed E-state index contributed by atoms with van der Waals surface area (Å²) in [6.07, 6.45) is -12.1. The molecule has 1 saturated heterocycles. The van der Waals surface area contributed by atoms with E-state index in [1.807, 2.05) is 0 Å². The van der Waals surface area contributed by atoms with Crippen LogP contribution < -0.4 is 4.74 Å². The smallest absolute Gasteiger partial charge is 0.435 e. The van der Waals surface area contributed by atoms with Gasteiger partial charge in [-0.05, 0) is 57.2 Å². The minimum absolute atomic E-state index is 0.129. The van der Waals surface area contributed by atoms with Crippen molar-refractivity contribution in [3.8, 4) is 5.75 Å². The van der Waals surface area contributed by atoms with Gasteiger partial charge >= 0.3 is 24.0 Å². The Morgan fingerprint density at radius 3 is 2.02 bits per heavy atom. The molecule has 3 aliphatic rings. The summed E-state index contributed by atoms with van der Waals surface area (Å²) in [5.74, 6) is -3.32. The molecule has 1 amide bonds. The summed E-state index contributed by atoms with van der Waals surface area (Å²) in [6.45, 7) is 0.980. The Morgan fingerprint density at radius 1 is 0.909 bits per heavy atom. The van der Waals surface area contributed by atoms with E-state index in [-0.39, 0.29) is 61.2 Å². The van der Waals surface area contributed by atoms with Gasteiger partial charge in [0.25, 0.3) is 0 Å². The molecular weight excluding hydrogens is 623 g/mol. The van der Waals surface area contributed by atoms with E-state index < -0.39 is 80.3 Å². The number of ether oxygens (including phenoxy) is 1. The van der Waals surface area contributed by atoms with E-state index in [1.54, 1.807) is 6.92 Å². The van der Waals surface area contributed by atoms with Crippen molar-refractivity contribution in [3.63, 3.8) is 0 Å². The van der Waals surface area contributed by atoms with Crippen LogP contribution >= 0.6 is 0 Å². The van der Waals surface area contributed by atoms with Crippen LogP contribution in [0, 0.1) is 18.8 Å². The van der Waals surface area contributed by atoms with E-state index in [1.165, 1.54) is 29.2 Å². The van der Waals surface area contributed by atoms with Gasteiger partial charge in [-0.1, -0.05) is 29.8 Å². The molecule has 1 aliphatic carbocycles. The Morgan fingerprint density at radius 2 is 1.48 bits per heavy atom. The van der Waals surface area contributed by atoms with Crippen LogP contribution in [0.2, 0.25) is 0 Å². The van der Waals surface area contributed by atoms with E-state index in [2.05, 4.69) is 0 Å². The van der Waals surface area contributed by atoms with E-state index in [0.29, 0.717) is 11.6 Å². The summed E-state index contributed by atoms with van der Waals surface area (Å²) in [7, 11) is -4.50. The molecule has 1 N–H and O–H groups in total. The number of alkyl halides is 7. The predicted molar refractivity (Wildman–Crippen MR) is 140 cm³/mol. The van der Waals surface area contributed by atoms with E-state index >= 15 is 0 Å². The number of sulfone groups is 1. The Balaban J connectivity index is 1.62. The van der Waals surface area contributed by atoms with Crippen LogP contribution in [0.4, 0.5) is 30.7 Å². The standard InChI is InChI=1S/C29H28F7NO6S/c1-16-2-9-20(10-3-16)44(41,42)26-12-13-37(24(38)17-4-6-18(7-5-17)25(39)40)23(26)15-43-22-14-19(8-11-21(22)26)27(30,28(31,32)33)29(34,35)36/h2-3,8-11,14,17-18,23H,4-7,12-13,15H2,1H3,(H,39,40). The number of carboxylic acid groups (broad SMARTS) is 1. The maximum absolute atomic E-state index is 14.9. The summed E-state index contributed by atoms with van der Waals surface area (Å²) in [6, 6.07) is 5.65. The predicted octanol–water partition coefficient (Wildman–Crippen LogP) is 5.84. The fraction of sp³-hybridized carbons (Fsp3) is 0.517. The van der Waals surface area contributed by atoms with Gasteiger partial charge < -0.3 is 14.7 Å². The third kappa shape index (κ3) is 4.72. The maximum Gasteiger partial charge on any atom is 0.435 e. The highest BCUT2D eigenvalue weighted by atomic mass is 32.2. The number of aryl methyl sites for hydroxylation is 1. The molecule has 2 aliphatic heterocycles. The van der Waals surface area contributed by atoms with Crippen LogP contribution in [0.5, 0.6) is 5.75 Å². The lowest BCUT2D eigenvalue weighted by Gasteiger charge is -2.43. The molecule has 0 spiro atoms. The SMILES string of the molecule is Cc1ccc(S(=O)(=O)C23CCN(C(=O)C4CCC(C(=O)O)CC4)C2COc2cc(C(F)(C(F)(F)F)C(F)(F)F)ccc23)cc1. The number of amides is 1. The number of carbonyl (C=O) groups excluding carboxylic acids is 1. The van der Waals surface area contributed by atoms with E-state index in [4.69, 9.17) is 4.74 Å². The van der Waals surface area contributed by atoms with Gasteiger partial charge in [-0.15, -0.1) is 0 Å². The quantitative estimate of drug-likeness (QED) is 0.408. The first-order valence-electron chi connectivity index (χ1n) is 13.8. The van der Waals surface area contributed by atoms with Crippen molar-refractivity contribution in [2.75, 3.05) is 13.2 Å².